The predicted octanol–water partition coefficient (Wildman–Crippen LogP) is -0.973. The summed E-state index contributed by atoms with van der Waals surface area (Å²) in [7, 11) is -7.83. The van der Waals surface area contributed by atoms with Crippen LogP contribution in [0.4, 0.5) is 17.5 Å². The molecule has 13 rings (SSSR count). The highest BCUT2D eigenvalue weighted by Gasteiger charge is 2.71. The van der Waals surface area contributed by atoms with Crippen LogP contribution in [0.25, 0.3) is 0 Å². The van der Waals surface area contributed by atoms with Crippen molar-refractivity contribution in [2.75, 3.05) is 96.2 Å². The maximum absolute atomic E-state index is 14.7. The smallest absolute Gasteiger partial charge is 0.353 e. The molecule has 13 N–H and O–H groups in total. The molecule has 27 atom stereocenters. The second-order valence-electron chi connectivity index (χ2n) is 29.6. The van der Waals surface area contributed by atoms with Gasteiger partial charge >= 0.3 is 43.6 Å². The van der Waals surface area contributed by atoms with Crippen molar-refractivity contribution in [1.29, 1.82) is 0 Å². The maximum Gasteiger partial charge on any atom is 0.353 e. The molecule has 6 bridgehead atoms. The van der Waals surface area contributed by atoms with E-state index in [9.17, 15) is 71.9 Å². The number of aliphatic hydroxyl groups excluding tert-OH is 1. The number of nitrogens with one attached hydrogen (secondary N) is 2. The summed E-state index contributed by atoms with van der Waals surface area (Å²) in [6.45, 7) is -3.76. The number of aliphatic hydroxyl groups is 1. The summed E-state index contributed by atoms with van der Waals surface area (Å²) in [5.41, 5.74) is 7.55. The van der Waals surface area contributed by atoms with Crippen LogP contribution in [0.5, 0.6) is 0 Å². The van der Waals surface area contributed by atoms with Gasteiger partial charge < -0.3 is 131 Å². The largest absolute Gasteiger partial charge is 0.393 e. The predicted molar refractivity (Wildman–Crippen MR) is 416 cm³/mol. The summed E-state index contributed by atoms with van der Waals surface area (Å²) in [5.74, 6) is -0.287. The Balaban J connectivity index is 0.707. The van der Waals surface area contributed by atoms with Gasteiger partial charge in [0.15, 0.2) is 24.9 Å². The lowest BCUT2D eigenvalue weighted by molar-refractivity contribution is -0.219. The van der Waals surface area contributed by atoms with Crippen molar-refractivity contribution >= 4 is 88.1 Å². The van der Waals surface area contributed by atoms with Crippen LogP contribution in [-0.2, 0) is 126 Å². The summed E-state index contributed by atoms with van der Waals surface area (Å²) < 4.78 is 165. The lowest BCUT2D eigenvalue weighted by Crippen LogP contribution is -2.51. The van der Waals surface area contributed by atoms with Crippen molar-refractivity contribution in [2.45, 2.75) is 195 Å². The van der Waals surface area contributed by atoms with Gasteiger partial charge in [-0.3, -0.25) is 56.1 Å². The normalized spacial score (nSPS) is 34.7. The zero-order valence-corrected chi connectivity index (χ0v) is 71.5. The zero-order chi connectivity index (χ0) is 85.8. The van der Waals surface area contributed by atoms with Crippen molar-refractivity contribution in [1.82, 2.24) is 47.8 Å². The molecule has 0 amide bonds. The third-order valence-corrected chi connectivity index (χ3v) is 29.0. The molecule has 9 unspecified atom stereocenters. The Hall–Kier alpha value is -5.22. The SMILES string of the molecule is COC1[C@@H](OCP(O)(=S)OC)[C@@H](COP(=O)(S)CO[C@@H]2C[C@H](n3cc(C)c(N)nc3=O)O[C@@H]2COP(=O)(O)CO[C@@H]2C3O[C@@H](C)[C@]2(COP(=O)(O)CO[C@@H]2C4O[C@@H](C)[C@]2(COP(O)(=S)CO[C@@H]2C5O[C@@H](C)[C@]2(CO)O[C@H]5n2cc(C)c(=O)[nH]c2=O)O[C@H]4n2cc(C)c(=O)[nH]c2=O)O[C@H]3n2cc(C)c(N)nc2=O)O[C@H]1n1cc(C)c(N)nc1=O. The van der Waals surface area contributed by atoms with E-state index in [1.165, 1.54) is 79.8 Å². The molecule has 13 heterocycles. The molecule has 0 aromatic carbocycles. The Morgan fingerprint density at radius 2 is 0.924 bits per heavy atom. The minimum absolute atomic E-state index is 0.0477. The van der Waals surface area contributed by atoms with E-state index in [4.69, 9.17) is 130 Å². The van der Waals surface area contributed by atoms with E-state index in [0.717, 1.165) is 22.8 Å². The number of nitrogen functional groups attached to an aromatic ring is 3. The molecule has 8 saturated heterocycles. The van der Waals surface area contributed by atoms with Crippen LogP contribution in [-0.4, -0.2) is 254 Å². The summed E-state index contributed by atoms with van der Waals surface area (Å²) in [4.78, 5) is 154. The highest BCUT2D eigenvalue weighted by atomic mass is 32.7. The number of aryl methyl sites for hydroxylation is 5. The lowest BCUT2D eigenvalue weighted by Gasteiger charge is -2.37. The standard InChI is InChI=1S/C63H90N13O34P5S3/c1-27-12-72(56(80)67-47(27)64)38-11-35(94-24-114(90,117)100-18-37-39(95-25-113(89,116)93-10)40(92-9)52(107-37)73-13-28(2)48(65)68-57(73)81)36(106-38)17-99-111(85,86)22-96-45-42-54(74-14-29(3)49(66)69-58(74)82)109-62(45,33(7)104-42)20-101-112(87,88)23-97-46-43-55(76-16-31(5)51(79)71-60(76)84)110-63(46,34(8)105-43)21-102-115(91,118)26-98-44-41-53(108-61(44,19-77)32(6)103-41)75-15-30(4)50(78)70-59(75)83/h12-16,32-46,52-55,77H,11,17-26H2,1-10H3,(H,85,86)(H,87,88)(H,89,116)(H,90,117)(H,91,118)(H2,64,67,80)(H2,65,68,81)(H2,66,69,82)(H,70,78,83)(H,71,79,84)/t32-,33-,34-,35+,36+,37+,38+,39-,40?,41?,42?,43?,44+,45+,46+,52+,53+,54+,55+,61-,62-,63-,113?,114?,115?/m0/s1. The minimum atomic E-state index is -5.20. The maximum atomic E-state index is 14.7. The number of methoxy groups -OCH3 is 1. The summed E-state index contributed by atoms with van der Waals surface area (Å²) in [5, 5.41) is 10.8. The molecule has 118 heavy (non-hydrogen) atoms. The zero-order valence-electron chi connectivity index (χ0n) is 64.5. The highest BCUT2D eigenvalue weighted by molar-refractivity contribution is 8.46. The van der Waals surface area contributed by atoms with Crippen molar-refractivity contribution < 1.29 is 127 Å². The average Bonchev–Trinajstić information content (AvgIpc) is 1.56. The number of thiol groups is 1. The molecule has 8 fully saturated rings. The molecule has 0 saturated carbocycles. The quantitative estimate of drug-likeness (QED) is 0.0172. The van der Waals surface area contributed by atoms with E-state index in [1.807, 2.05) is 0 Å². The van der Waals surface area contributed by atoms with Crippen LogP contribution in [0.1, 0.15) is 86.1 Å². The van der Waals surface area contributed by atoms with Crippen molar-refractivity contribution in [3.8, 4) is 0 Å². The second-order valence-corrected chi connectivity index (χ2v) is 43.9. The number of hydrogen-bond donors (Lipinski definition) is 11. The second kappa shape index (κ2) is 34.4. The number of fused-ring (bicyclic) bond motifs is 6. The van der Waals surface area contributed by atoms with Crippen molar-refractivity contribution in [3.63, 3.8) is 0 Å². The fourth-order valence-corrected chi connectivity index (χ4v) is 20.0. The molecular formula is C63H90N13O34P5S3. The molecule has 0 spiro atoms. The van der Waals surface area contributed by atoms with Gasteiger partial charge in [0.05, 0.1) is 57.5 Å². The number of nitrogens with two attached hydrogens (primary N) is 3. The number of aromatic amines is 2. The van der Waals surface area contributed by atoms with E-state index in [1.54, 1.807) is 20.8 Å². The van der Waals surface area contributed by atoms with Gasteiger partial charge in [0.2, 0.25) is 13.0 Å². The number of aromatic nitrogens is 10. The molecule has 8 aliphatic rings. The van der Waals surface area contributed by atoms with Crippen molar-refractivity contribution in [3.05, 3.63) is 132 Å². The van der Waals surface area contributed by atoms with Gasteiger partial charge in [0, 0.05) is 79.4 Å². The fraction of sp³-hybridized carbons (Fsp3) is 0.683. The first-order chi connectivity index (χ1) is 55.3. The van der Waals surface area contributed by atoms with E-state index in [2.05, 4.69) is 37.2 Å². The third-order valence-electron chi connectivity index (χ3n) is 21.8. The summed E-state index contributed by atoms with van der Waals surface area (Å²) >= 11 is 15.1. The molecule has 0 radical (unpaired) electrons. The summed E-state index contributed by atoms with van der Waals surface area (Å²) in [6, 6.07) is 0. The molecule has 55 heteroatoms. The first-order valence-electron chi connectivity index (χ1n) is 36.2. The third kappa shape index (κ3) is 17.8. The Bertz CT molecular complexity index is 5380. The van der Waals surface area contributed by atoms with Gasteiger partial charge in [-0.15, -0.1) is 0 Å². The van der Waals surface area contributed by atoms with Gasteiger partial charge in [0.25, 0.3) is 17.7 Å². The average molecular weight is 1820 g/mol. The van der Waals surface area contributed by atoms with Crippen LogP contribution in [0, 0.1) is 34.6 Å². The number of anilines is 3. The topological polar surface area (TPSA) is 620 Å². The van der Waals surface area contributed by atoms with E-state index < -0.39 is 272 Å². The first-order valence-corrected chi connectivity index (χ1v) is 48.5. The van der Waals surface area contributed by atoms with Crippen LogP contribution < -0.4 is 56.8 Å². The Labute approximate surface area is 683 Å². The number of nitrogens with zero attached hydrogens (tertiary/aromatic N) is 8. The van der Waals surface area contributed by atoms with E-state index >= 15 is 0 Å². The van der Waals surface area contributed by atoms with E-state index in [0.29, 0.717) is 11.1 Å². The number of rotatable bonds is 35. The molecule has 654 valence electrons. The number of ether oxygens (including phenoxy) is 14. The van der Waals surface area contributed by atoms with Crippen LogP contribution in [0.3, 0.4) is 0 Å². The Morgan fingerprint density at radius 1 is 0.508 bits per heavy atom. The molecule has 5 aromatic heterocycles. The van der Waals surface area contributed by atoms with Gasteiger partial charge in [-0.2, -0.15) is 15.0 Å². The van der Waals surface area contributed by atoms with Crippen LogP contribution >= 0.6 is 47.0 Å². The molecular weight excluding hydrogens is 1730 g/mol. The number of H-pyrrole nitrogens is 2. The summed E-state index contributed by atoms with van der Waals surface area (Å²) in [6.07, 6.45) is -22.7. The molecule has 47 nitrogen and oxygen atoms in total. The molecule has 8 aliphatic heterocycles. The van der Waals surface area contributed by atoms with Crippen LogP contribution in [0.15, 0.2) is 64.5 Å². The van der Waals surface area contributed by atoms with Gasteiger partial charge in [-0.05, 0) is 79.0 Å². The van der Waals surface area contributed by atoms with Gasteiger partial charge in [0.1, 0.15) is 133 Å². The highest BCUT2D eigenvalue weighted by Crippen LogP contribution is 2.60. The Kier molecular flexibility index (Phi) is 26.4. The first kappa shape index (κ1) is 90.5. The molecule has 5 aromatic rings. The van der Waals surface area contributed by atoms with Crippen LogP contribution in [0.2, 0.25) is 0 Å². The fourth-order valence-electron chi connectivity index (χ4n) is 15.3. The monoisotopic (exact) mass is 1820 g/mol. The van der Waals surface area contributed by atoms with Gasteiger partial charge in [-0.25, -0.2) is 24.0 Å². The minimum Gasteiger partial charge on any atom is -0.393 e. The van der Waals surface area contributed by atoms with E-state index in [-0.39, 0.29) is 40.6 Å². The van der Waals surface area contributed by atoms with Gasteiger partial charge in [-0.1, -0.05) is 12.2 Å². The number of hydrogen-bond acceptors (Lipinski definition) is 38. The molecule has 0 aliphatic carbocycles. The lowest BCUT2D eigenvalue weighted by atomic mass is 9.94. The Morgan fingerprint density at radius 3 is 1.42 bits per heavy atom. The van der Waals surface area contributed by atoms with Crippen molar-refractivity contribution in [2.24, 2.45) is 0 Å².